The molecule has 2 amide bonds. The number of hydrogen-bond donors (Lipinski definition) is 4. The molecule has 2 fully saturated rings. The van der Waals surface area contributed by atoms with Crippen LogP contribution in [0.15, 0.2) is 85.5 Å². The topological polar surface area (TPSA) is 189 Å². The molecule has 1 aliphatic heterocycles. The van der Waals surface area contributed by atoms with Crippen LogP contribution < -0.4 is 20.9 Å². The van der Waals surface area contributed by atoms with Crippen molar-refractivity contribution in [2.75, 3.05) is 29.9 Å². The SMILES string of the molecule is CCC(=O)N[C@H]1C[C@@H](n2cnc3c(NCC(c4ccccc4)c4ccccc4)nc(N4CC[C@@H](NC(=O)c5nccc6sncc56)C4)nc32)[C@H](O)[C@@H]1OC(=O)C(F)(F)F. The summed E-state index contributed by atoms with van der Waals surface area (Å²) >= 11 is 1.27. The van der Waals surface area contributed by atoms with Crippen LogP contribution in [0.2, 0.25) is 0 Å². The van der Waals surface area contributed by atoms with Crippen LogP contribution in [0.1, 0.15) is 59.8 Å². The second-order valence-corrected chi connectivity index (χ2v) is 15.3. The number of imidazole rings is 1. The van der Waals surface area contributed by atoms with Crippen LogP contribution in [0.4, 0.5) is 24.9 Å². The fourth-order valence-corrected chi connectivity index (χ4v) is 8.40. The van der Waals surface area contributed by atoms with E-state index in [0.717, 1.165) is 15.8 Å². The van der Waals surface area contributed by atoms with E-state index in [4.69, 9.17) is 14.7 Å². The molecule has 0 radical (unpaired) electrons. The zero-order valence-electron chi connectivity index (χ0n) is 31.5. The average Bonchev–Trinajstić information content (AvgIpc) is 4.06. The number of aliphatic hydroxyl groups excluding tert-OH is 1. The number of hydrogen-bond acceptors (Lipinski definition) is 13. The summed E-state index contributed by atoms with van der Waals surface area (Å²) in [7, 11) is 0. The highest BCUT2D eigenvalue weighted by Crippen LogP contribution is 2.38. The fourth-order valence-electron chi connectivity index (χ4n) is 7.76. The summed E-state index contributed by atoms with van der Waals surface area (Å²) < 4.78 is 51.4. The van der Waals surface area contributed by atoms with Gasteiger partial charge in [0.15, 0.2) is 23.1 Å². The number of pyridine rings is 1. The molecule has 1 saturated heterocycles. The lowest BCUT2D eigenvalue weighted by Gasteiger charge is -2.24. The van der Waals surface area contributed by atoms with Crippen LogP contribution in [-0.4, -0.2) is 102 Å². The number of carbonyl (C=O) groups is 3. The normalized spacial score (nSPS) is 20.6. The third-order valence-corrected chi connectivity index (χ3v) is 11.5. The number of nitrogens with one attached hydrogen (secondary N) is 3. The Morgan fingerprint density at radius 3 is 2.42 bits per heavy atom. The Balaban J connectivity index is 1.13. The van der Waals surface area contributed by atoms with Crippen LogP contribution in [0, 0.1) is 0 Å². The van der Waals surface area contributed by atoms with Gasteiger partial charge in [-0.1, -0.05) is 67.6 Å². The van der Waals surface area contributed by atoms with Crippen molar-refractivity contribution in [2.45, 2.75) is 68.6 Å². The van der Waals surface area contributed by atoms with Gasteiger partial charge in [0.1, 0.15) is 11.8 Å². The van der Waals surface area contributed by atoms with Crippen molar-refractivity contribution in [3.05, 3.63) is 102 Å². The smallest absolute Gasteiger partial charge is 0.451 e. The Hall–Kier alpha value is -6.21. The molecule has 306 valence electrons. The van der Waals surface area contributed by atoms with E-state index in [1.54, 1.807) is 25.4 Å². The zero-order valence-corrected chi connectivity index (χ0v) is 32.4. The molecular weight excluding hydrogens is 790 g/mol. The number of aromatic nitrogens is 6. The number of nitrogens with zero attached hydrogens (tertiary/aromatic N) is 7. The minimum Gasteiger partial charge on any atom is -0.451 e. The summed E-state index contributed by atoms with van der Waals surface area (Å²) in [6.07, 6.45) is -3.65. The number of rotatable bonds is 12. The molecule has 0 unspecified atom stereocenters. The molecule has 4 N–H and O–H groups in total. The van der Waals surface area contributed by atoms with E-state index in [-0.39, 0.29) is 48.0 Å². The number of aliphatic hydroxyl groups is 1. The highest BCUT2D eigenvalue weighted by molar-refractivity contribution is 7.13. The van der Waals surface area contributed by atoms with Crippen LogP contribution >= 0.6 is 11.5 Å². The average molecular weight is 829 g/mol. The van der Waals surface area contributed by atoms with Crippen molar-refractivity contribution in [1.82, 2.24) is 39.5 Å². The standard InChI is InChI=1S/C40H39F3N10O5S/c1-2-30(54)49-27-17-28(33(55)34(27)58-38(57)40(41,42)43)53-21-46-32-35(45-18-25(22-9-5-3-6-10-22)23-11-7-4-8-12-23)50-39(51-36(32)53)52-16-14-24(20-52)48-37(56)31-26-19-47-59-29(26)13-15-44-31/h3-13,15,19,21,24-25,27-28,33-34,55H,2,14,16-18,20H2,1H3,(H,48,56)(H,49,54)(H,45,50,51)/t24-,27+,28-,33+,34-/m1/s1. The van der Waals surface area contributed by atoms with Gasteiger partial charge < -0.3 is 35.3 Å². The second kappa shape index (κ2) is 16.6. The maximum absolute atomic E-state index is 13.4. The van der Waals surface area contributed by atoms with Gasteiger partial charge in [0, 0.05) is 49.6 Å². The van der Waals surface area contributed by atoms with Gasteiger partial charge in [-0.25, -0.2) is 9.78 Å². The van der Waals surface area contributed by atoms with Crippen LogP contribution in [0.3, 0.4) is 0 Å². The Labute approximate surface area is 339 Å². The molecule has 1 saturated carbocycles. The predicted molar refractivity (Wildman–Crippen MR) is 212 cm³/mol. The maximum Gasteiger partial charge on any atom is 0.490 e. The van der Waals surface area contributed by atoms with Crippen LogP contribution in [0.5, 0.6) is 0 Å². The van der Waals surface area contributed by atoms with E-state index in [2.05, 4.69) is 30.3 Å². The molecular formula is C40H39F3N10O5S. The highest BCUT2D eigenvalue weighted by atomic mass is 32.1. The quantitative estimate of drug-likeness (QED) is 0.124. The summed E-state index contributed by atoms with van der Waals surface area (Å²) in [5.41, 5.74) is 2.94. The predicted octanol–water partition coefficient (Wildman–Crippen LogP) is 4.76. The Morgan fingerprint density at radius 1 is 1.00 bits per heavy atom. The second-order valence-electron chi connectivity index (χ2n) is 14.4. The number of alkyl halides is 3. The van der Waals surface area contributed by atoms with Crippen molar-refractivity contribution in [1.29, 1.82) is 0 Å². The number of fused-ring (bicyclic) bond motifs is 2. The number of benzene rings is 2. The summed E-state index contributed by atoms with van der Waals surface area (Å²) in [5, 5.41) is 21.4. The van der Waals surface area contributed by atoms with Gasteiger partial charge in [0.2, 0.25) is 11.9 Å². The summed E-state index contributed by atoms with van der Waals surface area (Å²) in [5.74, 6) is -2.79. The minimum absolute atomic E-state index is 0.0123. The first kappa shape index (κ1) is 39.6. The van der Waals surface area contributed by atoms with E-state index in [0.29, 0.717) is 42.8 Å². The highest BCUT2D eigenvalue weighted by Gasteiger charge is 2.51. The molecule has 1 aliphatic carbocycles. The number of amides is 2. The Kier molecular flexibility index (Phi) is 11.1. The molecule has 15 nitrogen and oxygen atoms in total. The van der Waals surface area contributed by atoms with Gasteiger partial charge in [0.05, 0.1) is 29.3 Å². The van der Waals surface area contributed by atoms with E-state index >= 15 is 0 Å². The number of halogens is 3. The maximum atomic E-state index is 13.4. The molecule has 6 aromatic rings. The molecule has 4 aromatic heterocycles. The lowest BCUT2D eigenvalue weighted by atomic mass is 9.91. The Morgan fingerprint density at radius 2 is 1.73 bits per heavy atom. The summed E-state index contributed by atoms with van der Waals surface area (Å²) in [6.45, 7) is 2.75. The van der Waals surface area contributed by atoms with E-state index in [1.807, 2.05) is 65.6 Å². The largest absolute Gasteiger partial charge is 0.490 e. The summed E-state index contributed by atoms with van der Waals surface area (Å²) in [6, 6.07) is 19.2. The van der Waals surface area contributed by atoms with Crippen LogP contribution in [-0.2, 0) is 14.3 Å². The molecule has 19 heteroatoms. The third-order valence-electron chi connectivity index (χ3n) is 10.7. The van der Waals surface area contributed by atoms with Crippen molar-refractivity contribution in [3.63, 3.8) is 0 Å². The first-order chi connectivity index (χ1) is 28.5. The van der Waals surface area contributed by atoms with Crippen LogP contribution in [0.25, 0.3) is 21.3 Å². The van der Waals surface area contributed by atoms with Gasteiger partial charge in [-0.05, 0) is 41.6 Å². The van der Waals surface area contributed by atoms with Gasteiger partial charge in [0.25, 0.3) is 5.91 Å². The molecule has 0 bridgehead atoms. The molecule has 59 heavy (non-hydrogen) atoms. The van der Waals surface area contributed by atoms with Gasteiger partial charge >= 0.3 is 12.1 Å². The molecule has 5 heterocycles. The van der Waals surface area contributed by atoms with Gasteiger partial charge in [-0.2, -0.15) is 27.5 Å². The number of anilines is 2. The number of esters is 1. The lowest BCUT2D eigenvalue weighted by molar-refractivity contribution is -0.209. The van der Waals surface area contributed by atoms with E-state index < -0.39 is 42.3 Å². The van der Waals surface area contributed by atoms with Gasteiger partial charge in [-0.15, -0.1) is 0 Å². The monoisotopic (exact) mass is 828 g/mol. The number of ether oxygens (including phenoxy) is 1. The first-order valence-corrected chi connectivity index (χ1v) is 19.8. The molecule has 0 spiro atoms. The summed E-state index contributed by atoms with van der Waals surface area (Å²) in [4.78, 5) is 58.5. The van der Waals surface area contributed by atoms with E-state index in [1.165, 1.54) is 22.4 Å². The molecule has 8 rings (SSSR count). The van der Waals surface area contributed by atoms with E-state index in [9.17, 15) is 32.7 Å². The van der Waals surface area contributed by atoms with Crippen molar-refractivity contribution in [3.8, 4) is 0 Å². The van der Waals surface area contributed by atoms with Crippen molar-refractivity contribution < 1.29 is 37.4 Å². The Bertz CT molecular complexity index is 2430. The van der Waals surface area contributed by atoms with Crippen molar-refractivity contribution >= 4 is 62.3 Å². The van der Waals surface area contributed by atoms with Gasteiger partial charge in [-0.3, -0.25) is 14.6 Å². The number of carbonyl (C=O) groups excluding carboxylic acids is 3. The zero-order chi connectivity index (χ0) is 41.3. The third kappa shape index (κ3) is 8.24. The fraction of sp³-hybridized carbons (Fsp3) is 0.350. The minimum atomic E-state index is -5.32. The lowest BCUT2D eigenvalue weighted by Crippen LogP contribution is -2.47. The first-order valence-electron chi connectivity index (χ1n) is 19.1. The molecule has 2 aliphatic rings. The molecule has 5 atom stereocenters. The van der Waals surface area contributed by atoms with Crippen molar-refractivity contribution in [2.24, 2.45) is 0 Å². The molecule has 2 aromatic carbocycles.